The zero-order valence-corrected chi connectivity index (χ0v) is 15.4. The van der Waals surface area contributed by atoms with Crippen molar-refractivity contribution in [2.45, 2.75) is 38.0 Å². The molecule has 0 bridgehead atoms. The highest BCUT2D eigenvalue weighted by Crippen LogP contribution is 2.39. The topological polar surface area (TPSA) is 32.8 Å². The number of amides is 1. The van der Waals surface area contributed by atoms with Crippen LogP contribution in [0.1, 0.15) is 43.5 Å². The van der Waals surface area contributed by atoms with Crippen molar-refractivity contribution in [3.8, 4) is 5.75 Å². The van der Waals surface area contributed by atoms with Crippen molar-refractivity contribution in [2.75, 3.05) is 38.5 Å². The molecule has 1 aromatic rings. The molecule has 1 unspecified atom stereocenters. The Morgan fingerprint density at radius 1 is 1.12 bits per heavy atom. The van der Waals surface area contributed by atoms with Crippen LogP contribution in [0.15, 0.2) is 24.3 Å². The Morgan fingerprint density at radius 2 is 1.88 bits per heavy atom. The van der Waals surface area contributed by atoms with Gasteiger partial charge < -0.3 is 14.5 Å². The van der Waals surface area contributed by atoms with E-state index in [-0.39, 0.29) is 11.3 Å². The van der Waals surface area contributed by atoms with Gasteiger partial charge in [0, 0.05) is 6.54 Å². The molecule has 1 aromatic carbocycles. The van der Waals surface area contributed by atoms with Gasteiger partial charge in [0.05, 0.1) is 12.4 Å². The molecule has 1 atom stereocenters. The summed E-state index contributed by atoms with van der Waals surface area (Å²) >= 11 is 1.74. The van der Waals surface area contributed by atoms with E-state index in [4.69, 9.17) is 4.74 Å². The van der Waals surface area contributed by atoms with Gasteiger partial charge in [0.2, 0.25) is 5.91 Å². The Morgan fingerprint density at radius 3 is 2.58 bits per heavy atom. The number of carbonyl (C=O) groups is 1. The summed E-state index contributed by atoms with van der Waals surface area (Å²) in [5, 5.41) is 0.162. The van der Waals surface area contributed by atoms with Gasteiger partial charge in [-0.1, -0.05) is 18.6 Å². The zero-order valence-electron chi connectivity index (χ0n) is 14.6. The van der Waals surface area contributed by atoms with Crippen LogP contribution in [0.5, 0.6) is 5.75 Å². The Balaban J connectivity index is 1.55. The van der Waals surface area contributed by atoms with Crippen LogP contribution in [-0.2, 0) is 4.79 Å². The molecule has 0 spiro atoms. The first-order valence-electron chi connectivity index (χ1n) is 9.14. The number of hydrogen-bond donors (Lipinski definition) is 0. The monoisotopic (exact) mass is 348 g/mol. The largest absolute Gasteiger partial charge is 0.494 e. The van der Waals surface area contributed by atoms with Gasteiger partial charge in [0.15, 0.2) is 0 Å². The maximum atomic E-state index is 12.3. The lowest BCUT2D eigenvalue weighted by atomic mass is 10.1. The highest BCUT2D eigenvalue weighted by atomic mass is 32.2. The summed E-state index contributed by atoms with van der Waals surface area (Å²) < 4.78 is 5.51. The van der Waals surface area contributed by atoms with Crippen LogP contribution >= 0.6 is 11.8 Å². The predicted octanol–water partition coefficient (Wildman–Crippen LogP) is 3.54. The number of likely N-dealkylation sites (tertiary alicyclic amines) is 1. The number of rotatable bonds is 7. The van der Waals surface area contributed by atoms with Crippen LogP contribution in [0.2, 0.25) is 0 Å². The lowest BCUT2D eigenvalue weighted by molar-refractivity contribution is -0.128. The summed E-state index contributed by atoms with van der Waals surface area (Å²) in [6.07, 6.45) is 5.10. The van der Waals surface area contributed by atoms with Crippen LogP contribution in [0.25, 0.3) is 0 Å². The van der Waals surface area contributed by atoms with Crippen LogP contribution in [-0.4, -0.2) is 54.2 Å². The number of nitrogens with zero attached hydrogens (tertiary/aromatic N) is 2. The maximum absolute atomic E-state index is 12.3. The minimum absolute atomic E-state index is 0.162. The summed E-state index contributed by atoms with van der Waals surface area (Å²) in [6, 6.07) is 8.21. The highest BCUT2D eigenvalue weighted by Gasteiger charge is 2.32. The molecule has 5 heteroatoms. The quantitative estimate of drug-likeness (QED) is 0.755. The second-order valence-corrected chi connectivity index (χ2v) is 7.58. The van der Waals surface area contributed by atoms with Gasteiger partial charge in [0.1, 0.15) is 11.1 Å². The molecule has 3 rings (SSSR count). The number of piperidine rings is 1. The third kappa shape index (κ3) is 4.45. The van der Waals surface area contributed by atoms with Crippen molar-refractivity contribution in [3.63, 3.8) is 0 Å². The van der Waals surface area contributed by atoms with Crippen molar-refractivity contribution in [3.05, 3.63) is 29.8 Å². The fourth-order valence-electron chi connectivity index (χ4n) is 3.52. The van der Waals surface area contributed by atoms with E-state index in [1.807, 2.05) is 19.1 Å². The smallest absolute Gasteiger partial charge is 0.233 e. The van der Waals surface area contributed by atoms with E-state index < -0.39 is 0 Å². The lowest BCUT2D eigenvalue weighted by Crippen LogP contribution is -2.34. The molecule has 2 aliphatic rings. The van der Waals surface area contributed by atoms with Crippen molar-refractivity contribution < 1.29 is 9.53 Å². The van der Waals surface area contributed by atoms with Gasteiger partial charge >= 0.3 is 0 Å². The summed E-state index contributed by atoms with van der Waals surface area (Å²) in [5.74, 6) is 1.77. The molecule has 0 saturated carbocycles. The second kappa shape index (κ2) is 8.77. The minimum atomic E-state index is 0.162. The van der Waals surface area contributed by atoms with Crippen molar-refractivity contribution >= 4 is 17.7 Å². The van der Waals surface area contributed by atoms with Gasteiger partial charge in [-0.05, 0) is 63.5 Å². The molecule has 4 nitrogen and oxygen atoms in total. The third-order valence-electron chi connectivity index (χ3n) is 4.77. The van der Waals surface area contributed by atoms with E-state index >= 15 is 0 Å². The van der Waals surface area contributed by atoms with Gasteiger partial charge in [-0.3, -0.25) is 4.79 Å². The molecule has 2 fully saturated rings. The van der Waals surface area contributed by atoms with Crippen molar-refractivity contribution in [1.29, 1.82) is 0 Å². The number of ether oxygens (including phenoxy) is 1. The van der Waals surface area contributed by atoms with Gasteiger partial charge in [0.25, 0.3) is 0 Å². The first-order valence-corrected chi connectivity index (χ1v) is 10.2. The van der Waals surface area contributed by atoms with Crippen LogP contribution < -0.4 is 4.74 Å². The van der Waals surface area contributed by atoms with Gasteiger partial charge in [-0.2, -0.15) is 0 Å². The molecule has 2 saturated heterocycles. The molecule has 0 aromatic heterocycles. The van der Waals surface area contributed by atoms with E-state index in [1.54, 1.807) is 11.8 Å². The van der Waals surface area contributed by atoms with Gasteiger partial charge in [-0.25, -0.2) is 0 Å². The molecule has 132 valence electrons. The number of hydrogen-bond acceptors (Lipinski definition) is 4. The van der Waals surface area contributed by atoms with Crippen molar-refractivity contribution in [1.82, 2.24) is 9.80 Å². The summed E-state index contributed by atoms with van der Waals surface area (Å²) in [4.78, 5) is 16.9. The average Bonchev–Trinajstić information content (AvgIpc) is 2.98. The van der Waals surface area contributed by atoms with Crippen LogP contribution in [0, 0.1) is 0 Å². The maximum Gasteiger partial charge on any atom is 0.233 e. The fraction of sp³-hybridized carbons (Fsp3) is 0.632. The van der Waals surface area contributed by atoms with Crippen LogP contribution in [0.3, 0.4) is 0 Å². The molecule has 0 radical (unpaired) electrons. The first kappa shape index (κ1) is 17.6. The number of carbonyl (C=O) groups excluding carboxylic acids is 1. The molecule has 2 aliphatic heterocycles. The molecular formula is C19H28N2O2S. The fourth-order valence-corrected chi connectivity index (χ4v) is 4.73. The average molecular weight is 349 g/mol. The lowest BCUT2D eigenvalue weighted by Gasteiger charge is -2.29. The van der Waals surface area contributed by atoms with E-state index in [1.165, 1.54) is 37.9 Å². The Hall–Kier alpha value is -1.20. The zero-order chi connectivity index (χ0) is 16.8. The molecule has 0 aliphatic carbocycles. The van der Waals surface area contributed by atoms with E-state index in [9.17, 15) is 4.79 Å². The normalized spacial score (nSPS) is 22.1. The summed E-state index contributed by atoms with van der Waals surface area (Å²) in [5.41, 5.74) is 1.20. The summed E-state index contributed by atoms with van der Waals surface area (Å²) in [7, 11) is 0. The molecule has 0 N–H and O–H groups in total. The Bertz CT molecular complexity index is 529. The minimum Gasteiger partial charge on any atom is -0.494 e. The second-order valence-electron chi connectivity index (χ2n) is 6.51. The molecule has 1 amide bonds. The molecule has 24 heavy (non-hydrogen) atoms. The Labute approximate surface area is 149 Å². The van der Waals surface area contributed by atoms with E-state index in [2.05, 4.69) is 21.9 Å². The predicted molar refractivity (Wildman–Crippen MR) is 99.4 cm³/mol. The standard InChI is InChI=1S/C19H28N2O2S/c1-2-23-17-9-7-16(8-10-17)19-21(18(22)15-24-19)14-6-13-20-11-4-3-5-12-20/h7-10,19H,2-6,11-15H2,1H3. The molecular weight excluding hydrogens is 320 g/mol. The summed E-state index contributed by atoms with van der Waals surface area (Å²) in [6.45, 7) is 7.10. The van der Waals surface area contributed by atoms with Crippen LogP contribution in [0.4, 0.5) is 0 Å². The van der Waals surface area contributed by atoms with E-state index in [0.29, 0.717) is 12.4 Å². The van der Waals surface area contributed by atoms with E-state index in [0.717, 1.165) is 25.3 Å². The Kier molecular flexibility index (Phi) is 6.44. The number of benzene rings is 1. The molecule has 2 heterocycles. The SMILES string of the molecule is CCOc1ccc(C2SCC(=O)N2CCCN2CCCCC2)cc1. The number of thioether (sulfide) groups is 1. The third-order valence-corrected chi connectivity index (χ3v) is 6.02. The first-order chi connectivity index (χ1) is 11.8. The van der Waals surface area contributed by atoms with Crippen molar-refractivity contribution in [2.24, 2.45) is 0 Å². The highest BCUT2D eigenvalue weighted by molar-refractivity contribution is 8.00. The van der Waals surface area contributed by atoms with Gasteiger partial charge in [-0.15, -0.1) is 11.8 Å².